The minimum absolute atomic E-state index is 0.434. The van der Waals surface area contributed by atoms with Gasteiger partial charge in [-0.25, -0.2) is 0 Å². The molecule has 0 fully saturated rings. The summed E-state index contributed by atoms with van der Waals surface area (Å²) in [5.74, 6) is 1.06. The van der Waals surface area contributed by atoms with Gasteiger partial charge in [0.05, 0.1) is 0 Å². The van der Waals surface area contributed by atoms with E-state index in [-0.39, 0.29) is 0 Å². The third kappa shape index (κ3) is 4.02. The van der Waals surface area contributed by atoms with Crippen LogP contribution in [-0.2, 0) is 0 Å². The van der Waals surface area contributed by atoms with E-state index in [1.165, 1.54) is 5.56 Å². The van der Waals surface area contributed by atoms with E-state index in [0.29, 0.717) is 24.5 Å². The van der Waals surface area contributed by atoms with Crippen LogP contribution in [0.3, 0.4) is 0 Å². The molecule has 2 aromatic carbocycles. The van der Waals surface area contributed by atoms with Gasteiger partial charge in [-0.05, 0) is 43.3 Å². The minimum Gasteiger partial charge on any atom is -0.490 e. The molecule has 104 valence electrons. The lowest BCUT2D eigenvalue weighted by Gasteiger charge is -2.08. The molecule has 2 aromatic rings. The van der Waals surface area contributed by atoms with Crippen LogP contribution < -0.4 is 15.2 Å². The molecule has 2 N–H and O–H groups in total. The summed E-state index contributed by atoms with van der Waals surface area (Å²) in [4.78, 5) is 10.9. The molecule has 4 nitrogen and oxygen atoms in total. The van der Waals surface area contributed by atoms with Crippen LogP contribution >= 0.6 is 0 Å². The molecule has 0 heterocycles. The second kappa shape index (κ2) is 6.61. The Morgan fingerprint density at radius 1 is 0.900 bits per heavy atom. The average molecular weight is 271 g/mol. The zero-order chi connectivity index (χ0) is 14.4. The number of nitrogens with two attached hydrogens (primary N) is 1. The molecule has 1 amide bonds. The Labute approximate surface area is 118 Å². The first-order valence-corrected chi connectivity index (χ1v) is 6.37. The molecule has 0 aliphatic carbocycles. The lowest BCUT2D eigenvalue weighted by atomic mass is 10.2. The molecular formula is C16H17NO3. The lowest BCUT2D eigenvalue weighted by Crippen LogP contribution is -2.11. The molecule has 4 heteroatoms. The van der Waals surface area contributed by atoms with Crippen molar-refractivity contribution in [1.82, 2.24) is 0 Å². The summed E-state index contributed by atoms with van der Waals surface area (Å²) < 4.78 is 11.1. The predicted molar refractivity (Wildman–Crippen MR) is 77.1 cm³/mol. The zero-order valence-corrected chi connectivity index (χ0v) is 11.3. The molecule has 0 saturated carbocycles. The van der Waals surface area contributed by atoms with Gasteiger partial charge < -0.3 is 15.2 Å². The van der Waals surface area contributed by atoms with E-state index in [4.69, 9.17) is 15.2 Å². The van der Waals surface area contributed by atoms with Crippen LogP contribution in [0, 0.1) is 6.92 Å². The average Bonchev–Trinajstić information content (AvgIpc) is 2.46. The van der Waals surface area contributed by atoms with Crippen LogP contribution in [0.15, 0.2) is 48.5 Å². The maximum atomic E-state index is 10.9. The van der Waals surface area contributed by atoms with Crippen molar-refractivity contribution in [1.29, 1.82) is 0 Å². The highest BCUT2D eigenvalue weighted by molar-refractivity contribution is 5.92. The van der Waals surface area contributed by atoms with E-state index in [2.05, 4.69) is 0 Å². The number of hydrogen-bond donors (Lipinski definition) is 1. The highest BCUT2D eigenvalue weighted by atomic mass is 16.5. The minimum atomic E-state index is -0.445. The molecule has 0 spiro atoms. The number of hydrogen-bond acceptors (Lipinski definition) is 3. The van der Waals surface area contributed by atoms with E-state index in [1.807, 2.05) is 31.2 Å². The highest BCUT2D eigenvalue weighted by Crippen LogP contribution is 2.13. The van der Waals surface area contributed by atoms with Crippen LogP contribution in [-0.4, -0.2) is 19.1 Å². The molecule has 0 aromatic heterocycles. The summed E-state index contributed by atoms with van der Waals surface area (Å²) in [7, 11) is 0. The topological polar surface area (TPSA) is 61.6 Å². The van der Waals surface area contributed by atoms with Crippen LogP contribution in [0.4, 0.5) is 0 Å². The molecule has 0 aliphatic rings. The number of benzene rings is 2. The van der Waals surface area contributed by atoms with Gasteiger partial charge in [-0.15, -0.1) is 0 Å². The molecule has 2 rings (SSSR count). The van der Waals surface area contributed by atoms with Crippen molar-refractivity contribution in [2.45, 2.75) is 6.92 Å². The number of rotatable bonds is 6. The summed E-state index contributed by atoms with van der Waals surface area (Å²) in [6, 6.07) is 14.6. The normalized spacial score (nSPS) is 10.1. The van der Waals surface area contributed by atoms with E-state index < -0.39 is 5.91 Å². The highest BCUT2D eigenvalue weighted by Gasteiger charge is 2.00. The molecule has 0 unspecified atom stereocenters. The Bertz CT molecular complexity index is 561. The van der Waals surface area contributed by atoms with Gasteiger partial charge in [0.25, 0.3) is 0 Å². The maximum Gasteiger partial charge on any atom is 0.248 e. The molecular weight excluding hydrogens is 254 g/mol. The fourth-order valence-electron chi connectivity index (χ4n) is 1.67. The number of carbonyl (C=O) groups excluding carboxylic acids is 1. The number of primary amides is 1. The number of carbonyl (C=O) groups is 1. The van der Waals surface area contributed by atoms with Gasteiger partial charge in [0.2, 0.25) is 5.91 Å². The van der Waals surface area contributed by atoms with E-state index in [9.17, 15) is 4.79 Å². The molecule has 0 aliphatic heterocycles. The third-order valence-electron chi connectivity index (χ3n) is 2.78. The first kappa shape index (κ1) is 13.9. The Kier molecular flexibility index (Phi) is 4.60. The van der Waals surface area contributed by atoms with Crippen molar-refractivity contribution in [3.05, 3.63) is 59.7 Å². The second-order valence-corrected chi connectivity index (χ2v) is 4.40. The first-order valence-electron chi connectivity index (χ1n) is 6.37. The second-order valence-electron chi connectivity index (χ2n) is 4.40. The van der Waals surface area contributed by atoms with Crippen LogP contribution in [0.2, 0.25) is 0 Å². The maximum absolute atomic E-state index is 10.9. The number of aryl methyl sites for hydroxylation is 1. The Hall–Kier alpha value is -2.49. The van der Waals surface area contributed by atoms with Crippen molar-refractivity contribution in [2.75, 3.05) is 13.2 Å². The Balaban J connectivity index is 1.75. The van der Waals surface area contributed by atoms with Crippen molar-refractivity contribution in [3.63, 3.8) is 0 Å². The Morgan fingerprint density at radius 2 is 1.35 bits per heavy atom. The van der Waals surface area contributed by atoms with Gasteiger partial charge in [-0.3, -0.25) is 4.79 Å². The van der Waals surface area contributed by atoms with Crippen LogP contribution in [0.5, 0.6) is 11.5 Å². The first-order chi connectivity index (χ1) is 9.65. The summed E-state index contributed by atoms with van der Waals surface area (Å²) in [5, 5.41) is 0. The summed E-state index contributed by atoms with van der Waals surface area (Å²) in [6.45, 7) is 2.92. The van der Waals surface area contributed by atoms with Crippen LogP contribution in [0.1, 0.15) is 15.9 Å². The predicted octanol–water partition coefficient (Wildman–Crippen LogP) is 2.55. The number of amides is 1. The van der Waals surface area contributed by atoms with E-state index >= 15 is 0 Å². The van der Waals surface area contributed by atoms with Gasteiger partial charge in [0.15, 0.2) is 0 Å². The van der Waals surface area contributed by atoms with E-state index in [1.54, 1.807) is 24.3 Å². The van der Waals surface area contributed by atoms with Gasteiger partial charge >= 0.3 is 0 Å². The third-order valence-corrected chi connectivity index (χ3v) is 2.78. The van der Waals surface area contributed by atoms with Gasteiger partial charge in [-0.2, -0.15) is 0 Å². The van der Waals surface area contributed by atoms with Crippen molar-refractivity contribution >= 4 is 5.91 Å². The summed E-state index contributed by atoms with van der Waals surface area (Å²) in [5.41, 5.74) is 6.82. The largest absolute Gasteiger partial charge is 0.490 e. The van der Waals surface area contributed by atoms with Crippen LogP contribution in [0.25, 0.3) is 0 Å². The molecule has 0 atom stereocenters. The van der Waals surface area contributed by atoms with Gasteiger partial charge in [0.1, 0.15) is 24.7 Å². The number of ether oxygens (including phenoxy) is 2. The monoisotopic (exact) mass is 271 g/mol. The van der Waals surface area contributed by atoms with Crippen molar-refractivity contribution in [3.8, 4) is 11.5 Å². The lowest BCUT2D eigenvalue weighted by molar-refractivity contribution is 0.1000. The van der Waals surface area contributed by atoms with Crippen molar-refractivity contribution in [2.24, 2.45) is 5.73 Å². The quantitative estimate of drug-likeness (QED) is 0.821. The summed E-state index contributed by atoms with van der Waals surface area (Å²) >= 11 is 0. The summed E-state index contributed by atoms with van der Waals surface area (Å²) in [6.07, 6.45) is 0. The standard InChI is InChI=1S/C16H17NO3/c1-12-2-6-14(7-3-12)19-10-11-20-15-8-4-13(5-9-15)16(17)18/h2-9H,10-11H2,1H3,(H2,17,18). The Morgan fingerprint density at radius 3 is 1.80 bits per heavy atom. The van der Waals surface area contributed by atoms with Crippen molar-refractivity contribution < 1.29 is 14.3 Å². The van der Waals surface area contributed by atoms with Gasteiger partial charge in [-0.1, -0.05) is 17.7 Å². The molecule has 20 heavy (non-hydrogen) atoms. The smallest absolute Gasteiger partial charge is 0.248 e. The fraction of sp³-hybridized carbons (Fsp3) is 0.188. The molecule has 0 bridgehead atoms. The zero-order valence-electron chi connectivity index (χ0n) is 11.3. The molecule has 0 saturated heterocycles. The fourth-order valence-corrected chi connectivity index (χ4v) is 1.67. The SMILES string of the molecule is Cc1ccc(OCCOc2ccc(C(N)=O)cc2)cc1. The van der Waals surface area contributed by atoms with Gasteiger partial charge in [0, 0.05) is 5.56 Å². The molecule has 0 radical (unpaired) electrons. The van der Waals surface area contributed by atoms with E-state index in [0.717, 1.165) is 5.75 Å².